The van der Waals surface area contributed by atoms with E-state index in [1.165, 1.54) is 27.5 Å². The van der Waals surface area contributed by atoms with E-state index in [1.807, 2.05) is 18.2 Å². The number of hydrogen-bond acceptors (Lipinski definition) is 2. The first-order valence-electron chi connectivity index (χ1n) is 11.2. The smallest absolute Gasteiger partial charge is 0.0975 e. The fraction of sp³-hybridized carbons (Fsp3) is 0.0323. The predicted molar refractivity (Wildman–Crippen MR) is 138 cm³/mol. The summed E-state index contributed by atoms with van der Waals surface area (Å²) in [6.45, 7) is 2.05. The molecule has 6 rings (SSSR count). The molecule has 0 unspecified atom stereocenters. The number of fused-ring (bicyclic) bond motifs is 2. The second-order valence-corrected chi connectivity index (χ2v) is 8.28. The number of nitrogens with zero attached hydrogens (tertiary/aromatic N) is 2. The van der Waals surface area contributed by atoms with Gasteiger partial charge in [-0.3, -0.25) is 0 Å². The summed E-state index contributed by atoms with van der Waals surface area (Å²) >= 11 is 0. The highest BCUT2D eigenvalue weighted by atomic mass is 14.8. The monoisotopic (exact) mass is 422 g/mol. The van der Waals surface area contributed by atoms with Crippen LogP contribution >= 0.6 is 0 Å². The maximum atomic E-state index is 5.15. The molecule has 0 amide bonds. The van der Waals surface area contributed by atoms with Crippen molar-refractivity contribution in [3.63, 3.8) is 0 Å². The van der Waals surface area contributed by atoms with Crippen LogP contribution in [-0.4, -0.2) is 9.97 Å². The number of rotatable bonds is 3. The van der Waals surface area contributed by atoms with Gasteiger partial charge in [0.1, 0.15) is 0 Å². The minimum absolute atomic E-state index is 0.913. The summed E-state index contributed by atoms with van der Waals surface area (Å²) in [7, 11) is 0. The van der Waals surface area contributed by atoms with Crippen molar-refractivity contribution in [2.45, 2.75) is 6.92 Å². The molecule has 1 heterocycles. The molecule has 33 heavy (non-hydrogen) atoms. The molecule has 156 valence electrons. The van der Waals surface area contributed by atoms with Crippen molar-refractivity contribution in [2.75, 3.05) is 0 Å². The Bertz CT molecular complexity index is 1600. The van der Waals surface area contributed by atoms with E-state index in [0.717, 1.165) is 33.5 Å². The summed E-state index contributed by atoms with van der Waals surface area (Å²) in [5.74, 6) is 0. The van der Waals surface area contributed by atoms with Crippen LogP contribution in [0.25, 0.3) is 55.3 Å². The number of benzene rings is 5. The number of aromatic nitrogens is 2. The molecule has 0 atom stereocenters. The molecule has 0 spiro atoms. The molecule has 2 heteroatoms. The van der Waals surface area contributed by atoms with E-state index in [4.69, 9.17) is 9.97 Å². The molecule has 0 aliphatic rings. The van der Waals surface area contributed by atoms with Crippen LogP contribution in [0, 0.1) is 6.92 Å². The summed E-state index contributed by atoms with van der Waals surface area (Å²) in [6, 6.07) is 40.1. The van der Waals surface area contributed by atoms with Crippen LogP contribution in [0.3, 0.4) is 0 Å². The first kappa shape index (κ1) is 19.4. The average molecular weight is 423 g/mol. The van der Waals surface area contributed by atoms with Crippen molar-refractivity contribution in [1.82, 2.24) is 9.97 Å². The van der Waals surface area contributed by atoms with E-state index in [-0.39, 0.29) is 0 Å². The second-order valence-electron chi connectivity index (χ2n) is 8.28. The Morgan fingerprint density at radius 1 is 0.545 bits per heavy atom. The van der Waals surface area contributed by atoms with E-state index in [1.54, 1.807) is 0 Å². The van der Waals surface area contributed by atoms with Crippen LogP contribution in [0.1, 0.15) is 5.69 Å². The zero-order valence-corrected chi connectivity index (χ0v) is 18.4. The van der Waals surface area contributed by atoms with Crippen LogP contribution in [0.5, 0.6) is 0 Å². The fourth-order valence-electron chi connectivity index (χ4n) is 4.65. The van der Waals surface area contributed by atoms with Crippen molar-refractivity contribution >= 4 is 21.8 Å². The lowest BCUT2D eigenvalue weighted by molar-refractivity contribution is 1.19. The van der Waals surface area contributed by atoms with E-state index in [2.05, 4.69) is 104 Å². The molecule has 2 nitrogen and oxygen atoms in total. The van der Waals surface area contributed by atoms with E-state index >= 15 is 0 Å². The SMILES string of the molecule is Cc1nc2c(-c3ccccc3-c3ccccc3)c3ccccc3cc2nc1-c1ccccc1. The minimum Gasteiger partial charge on any atom is -0.249 e. The van der Waals surface area contributed by atoms with Gasteiger partial charge in [0.25, 0.3) is 0 Å². The largest absolute Gasteiger partial charge is 0.249 e. The van der Waals surface area contributed by atoms with Crippen molar-refractivity contribution in [2.24, 2.45) is 0 Å². The first-order valence-corrected chi connectivity index (χ1v) is 11.2. The third-order valence-corrected chi connectivity index (χ3v) is 6.18. The Morgan fingerprint density at radius 3 is 1.91 bits per heavy atom. The zero-order valence-electron chi connectivity index (χ0n) is 18.4. The third kappa shape index (κ3) is 3.37. The maximum Gasteiger partial charge on any atom is 0.0975 e. The highest BCUT2D eigenvalue weighted by Crippen LogP contribution is 2.40. The van der Waals surface area contributed by atoms with Gasteiger partial charge < -0.3 is 0 Å². The Balaban J connectivity index is 1.71. The normalized spacial score (nSPS) is 11.2. The van der Waals surface area contributed by atoms with Gasteiger partial charge in [-0.1, -0.05) is 109 Å². The average Bonchev–Trinajstić information content (AvgIpc) is 2.88. The molecule has 0 aliphatic heterocycles. The van der Waals surface area contributed by atoms with Crippen molar-refractivity contribution in [1.29, 1.82) is 0 Å². The Labute approximate surface area is 193 Å². The van der Waals surface area contributed by atoms with Gasteiger partial charge >= 0.3 is 0 Å². The highest BCUT2D eigenvalue weighted by molar-refractivity contribution is 6.12. The van der Waals surface area contributed by atoms with E-state index in [0.29, 0.717) is 0 Å². The van der Waals surface area contributed by atoms with Gasteiger partial charge in [0, 0.05) is 11.1 Å². The summed E-state index contributed by atoms with van der Waals surface area (Å²) in [5.41, 5.74) is 9.50. The van der Waals surface area contributed by atoms with Crippen molar-refractivity contribution < 1.29 is 0 Å². The molecule has 0 saturated carbocycles. The number of aryl methyl sites for hydroxylation is 1. The van der Waals surface area contributed by atoms with Gasteiger partial charge in [-0.05, 0) is 40.5 Å². The van der Waals surface area contributed by atoms with Crippen LogP contribution in [0.15, 0.2) is 115 Å². The van der Waals surface area contributed by atoms with Crippen LogP contribution in [0.4, 0.5) is 0 Å². The van der Waals surface area contributed by atoms with E-state index in [9.17, 15) is 0 Å². The van der Waals surface area contributed by atoms with E-state index < -0.39 is 0 Å². The van der Waals surface area contributed by atoms with Gasteiger partial charge in [-0.2, -0.15) is 0 Å². The molecule has 0 fully saturated rings. The Morgan fingerprint density at radius 2 is 1.15 bits per heavy atom. The summed E-state index contributed by atoms with van der Waals surface area (Å²) in [6.07, 6.45) is 0. The Kier molecular flexibility index (Phi) is 4.70. The van der Waals surface area contributed by atoms with Gasteiger partial charge in [0.15, 0.2) is 0 Å². The fourth-order valence-corrected chi connectivity index (χ4v) is 4.65. The Hall–Kier alpha value is -4.30. The standard InChI is InChI=1S/C31H22N2/c1-21-30(23-14-6-3-7-15-23)33-28-20-24-16-8-9-18-26(24)29(31(28)32-21)27-19-11-10-17-25(27)22-12-4-2-5-13-22/h2-20H,1H3. The van der Waals surface area contributed by atoms with Crippen LogP contribution in [0.2, 0.25) is 0 Å². The topological polar surface area (TPSA) is 25.8 Å². The molecule has 6 aromatic rings. The lowest BCUT2D eigenvalue weighted by atomic mass is 9.90. The van der Waals surface area contributed by atoms with Gasteiger partial charge in [0.2, 0.25) is 0 Å². The molecule has 0 bridgehead atoms. The molecule has 0 radical (unpaired) electrons. The van der Waals surface area contributed by atoms with Gasteiger partial charge in [0.05, 0.1) is 22.4 Å². The molecule has 0 N–H and O–H groups in total. The lowest BCUT2D eigenvalue weighted by Crippen LogP contribution is -1.98. The van der Waals surface area contributed by atoms with Crippen molar-refractivity contribution in [3.8, 4) is 33.5 Å². The predicted octanol–water partition coefficient (Wildman–Crippen LogP) is 8.09. The van der Waals surface area contributed by atoms with Crippen LogP contribution < -0.4 is 0 Å². The molecule has 0 saturated heterocycles. The summed E-state index contributed by atoms with van der Waals surface area (Å²) in [4.78, 5) is 10.3. The molecule has 1 aromatic heterocycles. The summed E-state index contributed by atoms with van der Waals surface area (Å²) < 4.78 is 0. The van der Waals surface area contributed by atoms with Gasteiger partial charge in [-0.25, -0.2) is 9.97 Å². The van der Waals surface area contributed by atoms with Crippen LogP contribution in [-0.2, 0) is 0 Å². The molecule has 5 aromatic carbocycles. The third-order valence-electron chi connectivity index (χ3n) is 6.18. The highest BCUT2D eigenvalue weighted by Gasteiger charge is 2.17. The van der Waals surface area contributed by atoms with Gasteiger partial charge in [-0.15, -0.1) is 0 Å². The second kappa shape index (κ2) is 7.99. The lowest BCUT2D eigenvalue weighted by Gasteiger charge is -2.16. The first-order chi connectivity index (χ1) is 16.3. The molecule has 0 aliphatic carbocycles. The number of hydrogen-bond donors (Lipinski definition) is 0. The zero-order chi connectivity index (χ0) is 22.2. The maximum absolute atomic E-state index is 5.15. The molecular formula is C31H22N2. The molecular weight excluding hydrogens is 400 g/mol. The minimum atomic E-state index is 0.913. The quantitative estimate of drug-likeness (QED) is 0.269. The van der Waals surface area contributed by atoms with Crippen molar-refractivity contribution in [3.05, 3.63) is 121 Å². The summed E-state index contributed by atoms with van der Waals surface area (Å²) in [5, 5.41) is 2.36.